The number of thiophene rings is 1. The van der Waals surface area contributed by atoms with Crippen molar-refractivity contribution in [3.63, 3.8) is 0 Å². The SMILES string of the molecule is CCCNC(=O)CSc1nc2c(sc3ncccc32)c(=O)n1Cc1ccccc1. The van der Waals surface area contributed by atoms with Crippen molar-refractivity contribution in [1.29, 1.82) is 0 Å². The summed E-state index contributed by atoms with van der Waals surface area (Å²) in [4.78, 5) is 35.4. The molecule has 3 heterocycles. The van der Waals surface area contributed by atoms with Crippen molar-refractivity contribution in [2.45, 2.75) is 25.0 Å². The van der Waals surface area contributed by atoms with Crippen molar-refractivity contribution in [1.82, 2.24) is 19.9 Å². The molecular formula is C21H20N4O2S2. The molecule has 8 heteroatoms. The van der Waals surface area contributed by atoms with E-state index in [4.69, 9.17) is 4.98 Å². The van der Waals surface area contributed by atoms with Crippen LogP contribution in [0.4, 0.5) is 0 Å². The molecule has 0 saturated carbocycles. The van der Waals surface area contributed by atoms with Gasteiger partial charge >= 0.3 is 0 Å². The quantitative estimate of drug-likeness (QED) is 0.362. The summed E-state index contributed by atoms with van der Waals surface area (Å²) in [6, 6.07) is 13.6. The molecule has 6 nitrogen and oxygen atoms in total. The third-order valence-corrected chi connectivity index (χ3v) is 6.47. The Morgan fingerprint density at radius 2 is 2.03 bits per heavy atom. The molecule has 0 aliphatic rings. The van der Waals surface area contributed by atoms with Crippen molar-refractivity contribution in [2.24, 2.45) is 0 Å². The Hall–Kier alpha value is -2.71. The highest BCUT2D eigenvalue weighted by Crippen LogP contribution is 2.30. The predicted molar refractivity (Wildman–Crippen MR) is 119 cm³/mol. The van der Waals surface area contributed by atoms with Gasteiger partial charge in [0.05, 0.1) is 17.8 Å². The first-order valence-corrected chi connectivity index (χ1v) is 11.2. The molecule has 0 radical (unpaired) electrons. The van der Waals surface area contributed by atoms with Gasteiger partial charge in [0.25, 0.3) is 5.56 Å². The first-order valence-electron chi connectivity index (χ1n) is 9.39. The van der Waals surface area contributed by atoms with Gasteiger partial charge in [-0.3, -0.25) is 14.2 Å². The largest absolute Gasteiger partial charge is 0.355 e. The summed E-state index contributed by atoms with van der Waals surface area (Å²) >= 11 is 2.65. The van der Waals surface area contributed by atoms with E-state index >= 15 is 0 Å². The number of pyridine rings is 1. The summed E-state index contributed by atoms with van der Waals surface area (Å²) in [7, 11) is 0. The van der Waals surface area contributed by atoms with Gasteiger partial charge in [-0.25, -0.2) is 9.97 Å². The zero-order valence-corrected chi connectivity index (χ0v) is 17.6. The molecule has 148 valence electrons. The number of hydrogen-bond donors (Lipinski definition) is 1. The topological polar surface area (TPSA) is 76.9 Å². The minimum absolute atomic E-state index is 0.0608. The molecule has 3 aromatic heterocycles. The number of carbonyl (C=O) groups is 1. The zero-order valence-electron chi connectivity index (χ0n) is 15.9. The van der Waals surface area contributed by atoms with E-state index in [0.717, 1.165) is 22.2 Å². The Kier molecular flexibility index (Phi) is 5.92. The molecule has 0 bridgehead atoms. The number of thioether (sulfide) groups is 1. The van der Waals surface area contributed by atoms with Crippen LogP contribution in [-0.4, -0.2) is 32.7 Å². The molecule has 1 N–H and O–H groups in total. The number of benzene rings is 1. The Bertz CT molecular complexity index is 1220. The van der Waals surface area contributed by atoms with Crippen LogP contribution in [0.1, 0.15) is 18.9 Å². The van der Waals surface area contributed by atoms with Gasteiger partial charge in [0.1, 0.15) is 9.53 Å². The third-order valence-electron chi connectivity index (χ3n) is 4.41. The molecule has 0 fully saturated rings. The Labute approximate surface area is 176 Å². The van der Waals surface area contributed by atoms with Crippen LogP contribution in [0.3, 0.4) is 0 Å². The Morgan fingerprint density at radius 1 is 1.21 bits per heavy atom. The lowest BCUT2D eigenvalue weighted by Crippen LogP contribution is -2.27. The Morgan fingerprint density at radius 3 is 2.83 bits per heavy atom. The number of fused-ring (bicyclic) bond motifs is 3. The number of amides is 1. The number of aromatic nitrogens is 3. The first-order chi connectivity index (χ1) is 14.2. The van der Waals surface area contributed by atoms with Gasteiger partial charge in [-0.05, 0) is 24.1 Å². The van der Waals surface area contributed by atoms with Gasteiger partial charge in [-0.2, -0.15) is 0 Å². The fourth-order valence-electron chi connectivity index (χ4n) is 3.00. The van der Waals surface area contributed by atoms with E-state index in [1.807, 2.05) is 49.4 Å². The van der Waals surface area contributed by atoms with E-state index in [2.05, 4.69) is 10.3 Å². The maximum atomic E-state index is 13.3. The third kappa shape index (κ3) is 4.18. The molecule has 29 heavy (non-hydrogen) atoms. The highest BCUT2D eigenvalue weighted by molar-refractivity contribution is 7.99. The molecule has 0 atom stereocenters. The van der Waals surface area contributed by atoms with Crippen LogP contribution in [0.25, 0.3) is 20.4 Å². The van der Waals surface area contributed by atoms with Crippen molar-refractivity contribution in [3.05, 3.63) is 64.6 Å². The van der Waals surface area contributed by atoms with Crippen LogP contribution in [0.5, 0.6) is 0 Å². The summed E-state index contributed by atoms with van der Waals surface area (Å²) in [6.45, 7) is 3.06. The molecule has 0 spiro atoms. The number of carbonyl (C=O) groups excluding carboxylic acids is 1. The molecule has 4 aromatic rings. The average molecular weight is 425 g/mol. The second kappa shape index (κ2) is 8.75. The lowest BCUT2D eigenvalue weighted by Gasteiger charge is -2.12. The van der Waals surface area contributed by atoms with Crippen molar-refractivity contribution in [3.8, 4) is 0 Å². The molecule has 1 amide bonds. The zero-order chi connectivity index (χ0) is 20.2. The smallest absolute Gasteiger partial charge is 0.272 e. The summed E-state index contributed by atoms with van der Waals surface area (Å²) in [5.74, 6) is 0.155. The van der Waals surface area contributed by atoms with Crippen molar-refractivity contribution in [2.75, 3.05) is 12.3 Å². The molecule has 0 aliphatic heterocycles. The maximum Gasteiger partial charge on any atom is 0.272 e. The summed E-state index contributed by atoms with van der Waals surface area (Å²) in [5, 5.41) is 4.28. The normalized spacial score (nSPS) is 11.2. The number of nitrogens with zero attached hydrogens (tertiary/aromatic N) is 3. The van der Waals surface area contributed by atoms with Gasteiger partial charge in [-0.15, -0.1) is 11.3 Å². The van der Waals surface area contributed by atoms with E-state index in [-0.39, 0.29) is 17.2 Å². The van der Waals surface area contributed by atoms with Gasteiger partial charge in [0.15, 0.2) is 5.16 Å². The van der Waals surface area contributed by atoms with Crippen LogP contribution >= 0.6 is 23.1 Å². The van der Waals surface area contributed by atoms with E-state index in [0.29, 0.717) is 28.5 Å². The first kappa shape index (κ1) is 19.6. The van der Waals surface area contributed by atoms with Crippen LogP contribution in [0.2, 0.25) is 0 Å². The number of nitrogens with one attached hydrogen (secondary N) is 1. The predicted octanol–water partition coefficient (Wildman–Crippen LogP) is 3.67. The molecular weight excluding hydrogens is 404 g/mol. The highest BCUT2D eigenvalue weighted by atomic mass is 32.2. The van der Waals surface area contributed by atoms with Gasteiger partial charge in [0, 0.05) is 18.1 Å². The fraction of sp³-hybridized carbons (Fsp3) is 0.238. The standard InChI is InChI=1S/C21H20N4O2S2/c1-2-10-22-16(26)13-28-21-24-17-15-9-6-11-23-19(15)29-18(17)20(27)25(21)12-14-7-4-3-5-8-14/h3-9,11H,2,10,12-13H2,1H3,(H,22,26). The molecule has 0 saturated heterocycles. The molecule has 1 aromatic carbocycles. The minimum atomic E-state index is -0.0988. The van der Waals surface area contributed by atoms with E-state index in [9.17, 15) is 9.59 Å². The second-order valence-corrected chi connectivity index (χ2v) is 8.49. The van der Waals surface area contributed by atoms with E-state index in [1.165, 1.54) is 23.1 Å². The van der Waals surface area contributed by atoms with Gasteiger partial charge < -0.3 is 5.32 Å². The molecule has 0 unspecified atom stereocenters. The summed E-state index contributed by atoms with van der Waals surface area (Å²) < 4.78 is 2.25. The van der Waals surface area contributed by atoms with E-state index in [1.54, 1.807) is 10.8 Å². The lowest BCUT2D eigenvalue weighted by molar-refractivity contribution is -0.118. The number of hydrogen-bond acceptors (Lipinski definition) is 6. The maximum absolute atomic E-state index is 13.3. The molecule has 4 rings (SSSR count). The summed E-state index contributed by atoms with van der Waals surface area (Å²) in [5.41, 5.74) is 1.56. The fourth-order valence-corrected chi connectivity index (χ4v) is 4.86. The van der Waals surface area contributed by atoms with Crippen LogP contribution in [-0.2, 0) is 11.3 Å². The number of rotatable bonds is 7. The van der Waals surface area contributed by atoms with Crippen LogP contribution in [0, 0.1) is 0 Å². The van der Waals surface area contributed by atoms with Gasteiger partial charge in [-0.1, -0.05) is 49.0 Å². The minimum Gasteiger partial charge on any atom is -0.355 e. The van der Waals surface area contributed by atoms with Crippen molar-refractivity contribution < 1.29 is 4.79 Å². The van der Waals surface area contributed by atoms with Gasteiger partial charge in [0.2, 0.25) is 5.91 Å². The summed E-state index contributed by atoms with van der Waals surface area (Å²) in [6.07, 6.45) is 2.60. The van der Waals surface area contributed by atoms with E-state index < -0.39 is 0 Å². The van der Waals surface area contributed by atoms with Crippen molar-refractivity contribution >= 4 is 49.4 Å². The average Bonchev–Trinajstić information content (AvgIpc) is 3.12. The second-order valence-electron chi connectivity index (χ2n) is 6.55. The van der Waals surface area contributed by atoms with Crippen LogP contribution in [0.15, 0.2) is 58.6 Å². The highest BCUT2D eigenvalue weighted by Gasteiger charge is 2.18. The Balaban J connectivity index is 1.78. The monoisotopic (exact) mass is 424 g/mol. The lowest BCUT2D eigenvalue weighted by atomic mass is 10.2. The molecule has 0 aliphatic carbocycles. The van der Waals surface area contributed by atoms with Crippen LogP contribution < -0.4 is 10.9 Å².